The Morgan fingerprint density at radius 1 is 1.42 bits per heavy atom. The van der Waals surface area contributed by atoms with E-state index < -0.39 is 0 Å². The summed E-state index contributed by atoms with van der Waals surface area (Å²) in [5, 5.41) is 0. The fourth-order valence-electron chi connectivity index (χ4n) is 1.45. The van der Waals surface area contributed by atoms with E-state index in [1.54, 1.807) is 0 Å². The van der Waals surface area contributed by atoms with E-state index in [9.17, 15) is 0 Å². The second-order valence-electron chi connectivity index (χ2n) is 3.03. The maximum absolute atomic E-state index is 5.37. The lowest BCUT2D eigenvalue weighted by Gasteiger charge is -1.92. The Morgan fingerprint density at radius 3 is 2.92 bits per heavy atom. The van der Waals surface area contributed by atoms with Crippen LogP contribution in [0.15, 0.2) is 18.7 Å². The van der Waals surface area contributed by atoms with Crippen LogP contribution in [0.1, 0.15) is 24.5 Å². The normalized spacial score (nSPS) is 11.8. The summed E-state index contributed by atoms with van der Waals surface area (Å²) >= 11 is 0. The Balaban J connectivity index is 2.35. The number of rotatable bonds is 3. The van der Waals surface area contributed by atoms with Gasteiger partial charge in [0, 0.05) is 5.56 Å². The van der Waals surface area contributed by atoms with E-state index in [1.807, 2.05) is 6.08 Å². The average Bonchev–Trinajstić information content (AvgIpc) is 2.85. The van der Waals surface area contributed by atoms with Crippen LogP contribution in [-0.2, 0) is 6.42 Å². The molecule has 1 aromatic rings. The number of aryl methyl sites for hydroxylation is 1. The van der Waals surface area contributed by atoms with Crippen molar-refractivity contribution in [3.63, 3.8) is 0 Å². The van der Waals surface area contributed by atoms with Gasteiger partial charge in [-0.15, -0.1) is 0 Å². The molecule has 2 rings (SSSR count). The predicted octanol–water partition coefficient (Wildman–Crippen LogP) is 3.39. The molecule has 0 saturated heterocycles. The monoisotopic (exact) mass is 160 g/mol. The highest BCUT2D eigenvalue weighted by atomic mass is 16.6. The van der Waals surface area contributed by atoms with Gasteiger partial charge in [0.15, 0.2) is 11.5 Å². The zero-order valence-corrected chi connectivity index (χ0v) is 7.26. The van der Waals surface area contributed by atoms with Crippen LogP contribution in [0.2, 0.25) is 0 Å². The van der Waals surface area contributed by atoms with Crippen LogP contribution < -0.4 is 4.74 Å². The SMILES string of the molecule is C=Cc1ccc(CCC)c2c1O2. The quantitative estimate of drug-likeness (QED) is 0.627. The van der Waals surface area contributed by atoms with Crippen LogP contribution in [0.3, 0.4) is 0 Å². The van der Waals surface area contributed by atoms with E-state index in [-0.39, 0.29) is 0 Å². The van der Waals surface area contributed by atoms with Gasteiger partial charge < -0.3 is 4.74 Å². The molecule has 1 heterocycles. The van der Waals surface area contributed by atoms with Crippen LogP contribution in [0.5, 0.6) is 11.5 Å². The van der Waals surface area contributed by atoms with Gasteiger partial charge in [0.2, 0.25) is 0 Å². The molecule has 1 nitrogen and oxygen atoms in total. The minimum atomic E-state index is 1.04. The first-order chi connectivity index (χ1) is 5.86. The Hall–Kier alpha value is -1.24. The number of fused-ring (bicyclic) bond motifs is 1. The van der Waals surface area contributed by atoms with E-state index in [2.05, 4.69) is 25.6 Å². The Kier molecular flexibility index (Phi) is 1.65. The molecule has 1 heteroatoms. The largest absolute Gasteiger partial charge is 0.449 e. The molecular weight excluding hydrogens is 148 g/mol. The predicted molar refractivity (Wildman–Crippen MR) is 50.6 cm³/mol. The fraction of sp³-hybridized carbons (Fsp3) is 0.273. The molecule has 1 aromatic carbocycles. The van der Waals surface area contributed by atoms with Crippen LogP contribution in [0.25, 0.3) is 6.08 Å². The summed E-state index contributed by atoms with van der Waals surface area (Å²) in [5.41, 5.74) is 2.45. The first-order valence-corrected chi connectivity index (χ1v) is 4.33. The highest BCUT2D eigenvalue weighted by molar-refractivity contribution is 5.71. The Bertz CT molecular complexity index is 326. The molecule has 0 saturated carbocycles. The molecule has 12 heavy (non-hydrogen) atoms. The summed E-state index contributed by atoms with van der Waals surface area (Å²) in [4.78, 5) is 0. The van der Waals surface area contributed by atoms with Gasteiger partial charge in [0.25, 0.3) is 0 Å². The number of ether oxygens (including phenoxy) is 1. The third-order valence-electron chi connectivity index (χ3n) is 2.13. The first kappa shape index (κ1) is 7.41. The lowest BCUT2D eigenvalue weighted by Crippen LogP contribution is -1.77. The summed E-state index contributed by atoms with van der Waals surface area (Å²) in [7, 11) is 0. The zero-order valence-electron chi connectivity index (χ0n) is 7.26. The van der Waals surface area contributed by atoms with Crippen molar-refractivity contribution < 1.29 is 4.74 Å². The molecule has 0 spiro atoms. The van der Waals surface area contributed by atoms with Gasteiger partial charge in [-0.3, -0.25) is 0 Å². The molecule has 0 atom stereocenters. The van der Waals surface area contributed by atoms with Gasteiger partial charge in [-0.1, -0.05) is 38.1 Å². The van der Waals surface area contributed by atoms with Crippen LogP contribution in [0, 0.1) is 0 Å². The van der Waals surface area contributed by atoms with E-state index >= 15 is 0 Å². The van der Waals surface area contributed by atoms with Crippen molar-refractivity contribution in [1.29, 1.82) is 0 Å². The second-order valence-corrected chi connectivity index (χ2v) is 3.03. The zero-order chi connectivity index (χ0) is 8.55. The molecule has 0 radical (unpaired) electrons. The summed E-state index contributed by atoms with van der Waals surface area (Å²) in [5.74, 6) is 2.13. The van der Waals surface area contributed by atoms with Crippen molar-refractivity contribution in [3.8, 4) is 11.5 Å². The van der Waals surface area contributed by atoms with Crippen molar-refractivity contribution in [2.24, 2.45) is 0 Å². The number of hydrogen-bond acceptors (Lipinski definition) is 1. The van der Waals surface area contributed by atoms with E-state index in [4.69, 9.17) is 4.74 Å². The fourth-order valence-corrected chi connectivity index (χ4v) is 1.45. The Morgan fingerprint density at radius 2 is 2.25 bits per heavy atom. The molecule has 1 aliphatic heterocycles. The smallest absolute Gasteiger partial charge is 0.177 e. The lowest BCUT2D eigenvalue weighted by atomic mass is 10.1. The summed E-state index contributed by atoms with van der Waals surface area (Å²) < 4.78 is 5.37. The molecule has 0 bridgehead atoms. The Labute approximate surface area is 72.7 Å². The molecule has 62 valence electrons. The van der Waals surface area contributed by atoms with Crippen molar-refractivity contribution in [1.82, 2.24) is 0 Å². The van der Waals surface area contributed by atoms with Gasteiger partial charge >= 0.3 is 0 Å². The maximum atomic E-state index is 5.37. The molecule has 0 aromatic heterocycles. The standard InChI is InChI=1S/C11H12O/c1-3-5-9-7-6-8(4-2)10-11(9)12-10/h4,6-7H,2-3,5H2,1H3. The molecular formula is C11H12O. The summed E-state index contributed by atoms with van der Waals surface area (Å²) in [6, 6.07) is 4.20. The average molecular weight is 160 g/mol. The van der Waals surface area contributed by atoms with Crippen molar-refractivity contribution in [2.75, 3.05) is 0 Å². The highest BCUT2D eigenvalue weighted by Crippen LogP contribution is 2.51. The van der Waals surface area contributed by atoms with E-state index in [0.29, 0.717) is 0 Å². The minimum Gasteiger partial charge on any atom is -0.449 e. The molecule has 0 aliphatic carbocycles. The topological polar surface area (TPSA) is 12.5 Å². The van der Waals surface area contributed by atoms with E-state index in [0.717, 1.165) is 23.5 Å². The van der Waals surface area contributed by atoms with Gasteiger partial charge in [0.05, 0.1) is 0 Å². The van der Waals surface area contributed by atoms with Crippen LogP contribution >= 0.6 is 0 Å². The van der Waals surface area contributed by atoms with E-state index in [1.165, 1.54) is 12.0 Å². The highest BCUT2D eigenvalue weighted by Gasteiger charge is 2.26. The van der Waals surface area contributed by atoms with Crippen molar-refractivity contribution in [3.05, 3.63) is 29.8 Å². The molecule has 0 unspecified atom stereocenters. The first-order valence-electron chi connectivity index (χ1n) is 4.33. The maximum Gasteiger partial charge on any atom is 0.177 e. The van der Waals surface area contributed by atoms with Gasteiger partial charge in [0.1, 0.15) is 0 Å². The van der Waals surface area contributed by atoms with Gasteiger partial charge in [-0.25, -0.2) is 0 Å². The third kappa shape index (κ3) is 1.02. The van der Waals surface area contributed by atoms with Crippen LogP contribution in [0.4, 0.5) is 0 Å². The second kappa shape index (κ2) is 2.67. The van der Waals surface area contributed by atoms with Crippen molar-refractivity contribution in [2.45, 2.75) is 19.8 Å². The number of hydrogen-bond donors (Lipinski definition) is 0. The summed E-state index contributed by atoms with van der Waals surface area (Å²) in [6.07, 6.45) is 4.12. The molecule has 0 fully saturated rings. The van der Waals surface area contributed by atoms with Crippen molar-refractivity contribution >= 4 is 6.08 Å². The van der Waals surface area contributed by atoms with Gasteiger partial charge in [-0.05, 0) is 12.0 Å². The summed E-state index contributed by atoms with van der Waals surface area (Å²) in [6.45, 7) is 5.90. The minimum absolute atomic E-state index is 1.04. The van der Waals surface area contributed by atoms with Crippen LogP contribution in [-0.4, -0.2) is 0 Å². The lowest BCUT2D eigenvalue weighted by molar-refractivity contribution is 0.641. The molecule has 0 amide bonds. The van der Waals surface area contributed by atoms with Gasteiger partial charge in [-0.2, -0.15) is 0 Å². The third-order valence-corrected chi connectivity index (χ3v) is 2.13. The molecule has 1 aliphatic rings. The molecule has 0 N–H and O–H groups in total. The number of benzene rings is 1.